The Labute approximate surface area is 158 Å². The molecular formula is C19H15N5O2S. The van der Waals surface area contributed by atoms with Gasteiger partial charge < -0.3 is 11.1 Å². The Morgan fingerprint density at radius 1 is 1.11 bits per heavy atom. The number of hydrogen-bond donors (Lipinski definition) is 2. The van der Waals surface area contributed by atoms with Crippen LogP contribution in [0.1, 0.15) is 25.6 Å². The minimum atomic E-state index is -0.506. The van der Waals surface area contributed by atoms with Crippen molar-refractivity contribution in [2.75, 3.05) is 5.32 Å². The maximum absolute atomic E-state index is 12.5. The monoisotopic (exact) mass is 377 g/mol. The van der Waals surface area contributed by atoms with Crippen molar-refractivity contribution in [1.82, 2.24) is 14.8 Å². The summed E-state index contributed by atoms with van der Waals surface area (Å²) in [7, 11) is 0. The number of thiophene rings is 1. The molecule has 0 aliphatic carbocycles. The van der Waals surface area contributed by atoms with Crippen LogP contribution in [-0.4, -0.2) is 26.6 Å². The lowest BCUT2D eigenvalue weighted by atomic mass is 10.2. The molecular weight excluding hydrogens is 362 g/mol. The number of aromatic nitrogens is 3. The Morgan fingerprint density at radius 3 is 2.56 bits per heavy atom. The van der Waals surface area contributed by atoms with E-state index in [1.165, 1.54) is 11.3 Å². The van der Waals surface area contributed by atoms with E-state index in [0.717, 1.165) is 10.4 Å². The van der Waals surface area contributed by atoms with Gasteiger partial charge in [0.1, 0.15) is 4.83 Å². The number of fused-ring (bicyclic) bond motifs is 1. The van der Waals surface area contributed by atoms with Gasteiger partial charge in [0.2, 0.25) is 0 Å². The van der Waals surface area contributed by atoms with Crippen molar-refractivity contribution in [1.29, 1.82) is 0 Å². The van der Waals surface area contributed by atoms with E-state index in [2.05, 4.69) is 15.4 Å². The van der Waals surface area contributed by atoms with Gasteiger partial charge in [0.05, 0.1) is 16.8 Å². The molecule has 7 nitrogen and oxygen atoms in total. The van der Waals surface area contributed by atoms with Crippen molar-refractivity contribution in [2.45, 2.75) is 6.54 Å². The van der Waals surface area contributed by atoms with Crippen LogP contribution in [0.4, 0.5) is 5.82 Å². The first-order valence-corrected chi connectivity index (χ1v) is 8.99. The summed E-state index contributed by atoms with van der Waals surface area (Å²) in [6.07, 6.45) is 3.10. The lowest BCUT2D eigenvalue weighted by Crippen LogP contribution is -2.13. The molecule has 2 amide bonds. The van der Waals surface area contributed by atoms with E-state index < -0.39 is 5.91 Å². The third kappa shape index (κ3) is 3.42. The molecule has 0 aliphatic heterocycles. The maximum atomic E-state index is 12.5. The van der Waals surface area contributed by atoms with Gasteiger partial charge >= 0.3 is 0 Å². The molecule has 1 aromatic carbocycles. The Balaban J connectivity index is 1.73. The van der Waals surface area contributed by atoms with Crippen LogP contribution in [0.25, 0.3) is 10.2 Å². The normalized spacial score (nSPS) is 10.8. The van der Waals surface area contributed by atoms with Crippen LogP contribution >= 0.6 is 11.3 Å². The van der Waals surface area contributed by atoms with Gasteiger partial charge in [0.25, 0.3) is 11.8 Å². The van der Waals surface area contributed by atoms with Crippen molar-refractivity contribution < 1.29 is 9.59 Å². The molecule has 27 heavy (non-hydrogen) atoms. The lowest BCUT2D eigenvalue weighted by Gasteiger charge is -2.04. The zero-order valence-electron chi connectivity index (χ0n) is 14.1. The molecule has 8 heteroatoms. The van der Waals surface area contributed by atoms with E-state index in [4.69, 9.17) is 5.73 Å². The molecule has 0 radical (unpaired) electrons. The van der Waals surface area contributed by atoms with Crippen molar-refractivity contribution in [3.05, 3.63) is 76.9 Å². The number of nitrogens with zero attached hydrogens (tertiary/aromatic N) is 3. The number of hydrogen-bond acceptors (Lipinski definition) is 5. The van der Waals surface area contributed by atoms with Crippen molar-refractivity contribution in [3.63, 3.8) is 0 Å². The van der Waals surface area contributed by atoms with Crippen molar-refractivity contribution in [3.8, 4) is 0 Å². The summed E-state index contributed by atoms with van der Waals surface area (Å²) in [6, 6.07) is 14.7. The van der Waals surface area contributed by atoms with Gasteiger partial charge in [-0.1, -0.05) is 30.3 Å². The molecule has 134 valence electrons. The van der Waals surface area contributed by atoms with Crippen molar-refractivity contribution in [2.24, 2.45) is 5.73 Å². The van der Waals surface area contributed by atoms with Crippen LogP contribution in [0.5, 0.6) is 0 Å². The number of carbonyl (C=O) groups is 2. The number of pyridine rings is 1. The number of primary amides is 1. The van der Waals surface area contributed by atoms with Gasteiger partial charge in [0, 0.05) is 18.0 Å². The Kier molecular flexibility index (Phi) is 4.39. The smallest absolute Gasteiger partial charge is 0.258 e. The fraction of sp³-hybridized carbons (Fsp3) is 0.0526. The fourth-order valence-corrected chi connectivity index (χ4v) is 3.69. The molecule has 0 fully saturated rings. The third-order valence-corrected chi connectivity index (χ3v) is 5.18. The summed E-state index contributed by atoms with van der Waals surface area (Å²) in [6.45, 7) is 0.515. The Bertz CT molecular complexity index is 1120. The van der Waals surface area contributed by atoms with Crippen LogP contribution in [-0.2, 0) is 6.54 Å². The minimum Gasteiger partial charge on any atom is -0.365 e. The van der Waals surface area contributed by atoms with Crippen LogP contribution < -0.4 is 11.1 Å². The van der Waals surface area contributed by atoms with E-state index in [9.17, 15) is 9.59 Å². The molecule has 0 saturated carbocycles. The molecule has 4 aromatic rings. The Morgan fingerprint density at radius 2 is 1.85 bits per heavy atom. The molecule has 3 N–H and O–H groups in total. The molecule has 0 bridgehead atoms. The van der Waals surface area contributed by atoms with Gasteiger partial charge in [-0.3, -0.25) is 14.6 Å². The number of anilines is 1. The second kappa shape index (κ2) is 7.00. The molecule has 0 aliphatic rings. The summed E-state index contributed by atoms with van der Waals surface area (Å²) in [5.41, 5.74) is 6.96. The molecule has 0 unspecified atom stereocenters. The summed E-state index contributed by atoms with van der Waals surface area (Å²) in [5.74, 6) is -0.407. The quantitative estimate of drug-likeness (QED) is 0.558. The summed E-state index contributed by atoms with van der Waals surface area (Å²) in [5, 5.41) is 8.04. The average molecular weight is 377 g/mol. The minimum absolute atomic E-state index is 0.296. The SMILES string of the molecule is NC(=O)c1cc2c(NC(=O)c3ccncc3)nn(Cc3ccccc3)c2s1. The molecule has 0 atom stereocenters. The number of nitrogens with one attached hydrogen (secondary N) is 1. The number of carbonyl (C=O) groups excluding carboxylic acids is 2. The number of amides is 2. The van der Waals surface area contributed by atoms with Gasteiger partial charge in [-0.05, 0) is 23.8 Å². The maximum Gasteiger partial charge on any atom is 0.258 e. The van der Waals surface area contributed by atoms with Crippen LogP contribution in [0.15, 0.2) is 60.9 Å². The van der Waals surface area contributed by atoms with Gasteiger partial charge in [0.15, 0.2) is 5.82 Å². The van der Waals surface area contributed by atoms with Crippen molar-refractivity contribution >= 4 is 39.2 Å². The molecule has 4 rings (SSSR count). The summed E-state index contributed by atoms with van der Waals surface area (Å²) < 4.78 is 1.77. The number of benzene rings is 1. The van der Waals surface area contributed by atoms with E-state index >= 15 is 0 Å². The van der Waals surface area contributed by atoms with Crippen LogP contribution in [0.3, 0.4) is 0 Å². The largest absolute Gasteiger partial charge is 0.365 e. The van der Waals surface area contributed by atoms with Gasteiger partial charge in [-0.15, -0.1) is 11.3 Å². The van der Waals surface area contributed by atoms with E-state index in [1.54, 1.807) is 35.3 Å². The Hall–Kier alpha value is -3.52. The van der Waals surface area contributed by atoms with E-state index in [0.29, 0.717) is 28.2 Å². The zero-order chi connectivity index (χ0) is 18.8. The first kappa shape index (κ1) is 16.9. The third-order valence-electron chi connectivity index (χ3n) is 4.02. The number of rotatable bonds is 5. The zero-order valence-corrected chi connectivity index (χ0v) is 14.9. The standard InChI is InChI=1S/C19H15N5O2S/c20-16(25)15-10-14-17(22-18(26)13-6-8-21-9-7-13)23-24(19(14)27-15)11-12-4-2-1-3-5-12/h1-10H,11H2,(H2,20,25)(H,22,23,26). The summed E-state index contributed by atoms with van der Waals surface area (Å²) in [4.78, 5) is 29.2. The number of nitrogens with two attached hydrogens (primary N) is 1. The van der Waals surface area contributed by atoms with Crippen LogP contribution in [0, 0.1) is 0 Å². The topological polar surface area (TPSA) is 103 Å². The highest BCUT2D eigenvalue weighted by Crippen LogP contribution is 2.32. The lowest BCUT2D eigenvalue weighted by molar-refractivity contribution is 0.100. The van der Waals surface area contributed by atoms with E-state index in [-0.39, 0.29) is 5.91 Å². The second-order valence-corrected chi connectivity index (χ2v) is 6.91. The first-order valence-electron chi connectivity index (χ1n) is 8.17. The molecule has 3 aromatic heterocycles. The first-order chi connectivity index (χ1) is 13.1. The molecule has 0 saturated heterocycles. The van der Waals surface area contributed by atoms with Gasteiger partial charge in [-0.25, -0.2) is 4.68 Å². The predicted molar refractivity (Wildman–Crippen MR) is 104 cm³/mol. The highest BCUT2D eigenvalue weighted by atomic mass is 32.1. The van der Waals surface area contributed by atoms with Crippen LogP contribution in [0.2, 0.25) is 0 Å². The summed E-state index contributed by atoms with van der Waals surface area (Å²) >= 11 is 1.26. The second-order valence-electron chi connectivity index (χ2n) is 5.88. The predicted octanol–water partition coefficient (Wildman–Crippen LogP) is 2.89. The fourth-order valence-electron chi connectivity index (χ4n) is 2.72. The molecule has 3 heterocycles. The average Bonchev–Trinajstić information content (AvgIpc) is 3.25. The highest BCUT2D eigenvalue weighted by Gasteiger charge is 2.19. The van der Waals surface area contributed by atoms with Gasteiger partial charge in [-0.2, -0.15) is 5.10 Å². The molecule has 0 spiro atoms. The highest BCUT2D eigenvalue weighted by molar-refractivity contribution is 7.20. The van der Waals surface area contributed by atoms with E-state index in [1.807, 2.05) is 30.3 Å².